The van der Waals surface area contributed by atoms with E-state index in [1.165, 1.54) is 31.2 Å². The minimum atomic E-state index is 1.06. The van der Waals surface area contributed by atoms with Gasteiger partial charge in [0.15, 0.2) is 0 Å². The highest BCUT2D eigenvalue weighted by Gasteiger charge is 1.91. The summed E-state index contributed by atoms with van der Waals surface area (Å²) in [6.07, 6.45) is 6.10. The molecule has 1 aromatic carbocycles. The number of hydrogen-bond donors (Lipinski definition) is 0. The van der Waals surface area contributed by atoms with Gasteiger partial charge in [0.05, 0.1) is 0 Å². The Balaban J connectivity index is 2.06. The van der Waals surface area contributed by atoms with Gasteiger partial charge in [-0.1, -0.05) is 36.8 Å². The predicted octanol–water partition coefficient (Wildman–Crippen LogP) is 3.81. The molecule has 14 heavy (non-hydrogen) atoms. The third-order valence-corrected chi connectivity index (χ3v) is 2.29. The monoisotopic (exact) mass is 186 g/mol. The summed E-state index contributed by atoms with van der Waals surface area (Å²) in [7, 11) is 0. The van der Waals surface area contributed by atoms with Crippen molar-refractivity contribution in [2.75, 3.05) is 0 Å². The van der Waals surface area contributed by atoms with E-state index in [0.29, 0.717) is 0 Å². The molecule has 0 atom stereocenters. The summed E-state index contributed by atoms with van der Waals surface area (Å²) in [4.78, 5) is 0. The smallest absolute Gasteiger partial charge is 0.00885 e. The SMILES string of the molecule is CC#CCCCCCc1ccccc1. The van der Waals surface area contributed by atoms with E-state index in [-0.39, 0.29) is 0 Å². The maximum atomic E-state index is 3.10. The predicted molar refractivity (Wildman–Crippen MR) is 62.1 cm³/mol. The van der Waals surface area contributed by atoms with Gasteiger partial charge in [-0.05, 0) is 31.7 Å². The highest BCUT2D eigenvalue weighted by Crippen LogP contribution is 2.06. The van der Waals surface area contributed by atoms with E-state index >= 15 is 0 Å². The molecule has 0 fully saturated rings. The van der Waals surface area contributed by atoms with Crippen molar-refractivity contribution < 1.29 is 0 Å². The fourth-order valence-corrected chi connectivity index (χ4v) is 1.49. The van der Waals surface area contributed by atoms with Gasteiger partial charge in [-0.15, -0.1) is 11.8 Å². The second-order valence-electron chi connectivity index (χ2n) is 3.47. The molecule has 0 saturated heterocycles. The Labute approximate surface area is 87.4 Å². The van der Waals surface area contributed by atoms with Crippen LogP contribution in [-0.2, 0) is 6.42 Å². The number of aryl methyl sites for hydroxylation is 1. The summed E-state index contributed by atoms with van der Waals surface area (Å²) in [5.41, 5.74) is 1.45. The second kappa shape index (κ2) is 7.21. The first-order valence-electron chi connectivity index (χ1n) is 5.37. The molecule has 0 nitrogen and oxygen atoms in total. The molecule has 1 aromatic rings. The Kier molecular flexibility index (Phi) is 5.59. The largest absolute Gasteiger partial charge is 0.107 e. The molecular formula is C14H18. The van der Waals surface area contributed by atoms with E-state index in [9.17, 15) is 0 Å². The zero-order valence-corrected chi connectivity index (χ0v) is 8.92. The number of hydrogen-bond acceptors (Lipinski definition) is 0. The molecule has 0 heterocycles. The van der Waals surface area contributed by atoms with Crippen LogP contribution in [0, 0.1) is 11.8 Å². The molecule has 74 valence electrons. The number of rotatable bonds is 5. The van der Waals surface area contributed by atoms with Crippen molar-refractivity contribution in [1.29, 1.82) is 0 Å². The third-order valence-electron chi connectivity index (χ3n) is 2.29. The molecule has 0 saturated carbocycles. The van der Waals surface area contributed by atoms with Gasteiger partial charge in [-0.25, -0.2) is 0 Å². The van der Waals surface area contributed by atoms with Crippen LogP contribution in [0.3, 0.4) is 0 Å². The van der Waals surface area contributed by atoms with Crippen molar-refractivity contribution >= 4 is 0 Å². The van der Waals surface area contributed by atoms with Crippen LogP contribution in [0.4, 0.5) is 0 Å². The summed E-state index contributed by atoms with van der Waals surface area (Å²) in [5, 5.41) is 0. The van der Waals surface area contributed by atoms with Crippen LogP contribution in [0.5, 0.6) is 0 Å². The van der Waals surface area contributed by atoms with E-state index < -0.39 is 0 Å². The van der Waals surface area contributed by atoms with Gasteiger partial charge in [0.1, 0.15) is 0 Å². The van der Waals surface area contributed by atoms with Crippen molar-refractivity contribution in [3.63, 3.8) is 0 Å². The van der Waals surface area contributed by atoms with Crippen molar-refractivity contribution in [2.24, 2.45) is 0 Å². The molecule has 0 spiro atoms. The lowest BCUT2D eigenvalue weighted by atomic mass is 10.1. The van der Waals surface area contributed by atoms with E-state index in [1.54, 1.807) is 0 Å². The summed E-state index contributed by atoms with van der Waals surface area (Å²) in [5.74, 6) is 6.02. The maximum Gasteiger partial charge on any atom is 0.00885 e. The third kappa shape index (κ3) is 4.72. The Hall–Kier alpha value is -1.22. The highest BCUT2D eigenvalue weighted by molar-refractivity contribution is 5.14. The molecule has 0 aliphatic carbocycles. The highest BCUT2D eigenvalue weighted by atomic mass is 14.0. The average Bonchev–Trinajstić information content (AvgIpc) is 2.25. The van der Waals surface area contributed by atoms with Crippen molar-refractivity contribution in [2.45, 2.75) is 39.0 Å². The Morgan fingerprint density at radius 2 is 1.79 bits per heavy atom. The van der Waals surface area contributed by atoms with Gasteiger partial charge in [-0.2, -0.15) is 0 Å². The fraction of sp³-hybridized carbons (Fsp3) is 0.429. The molecule has 0 N–H and O–H groups in total. The van der Waals surface area contributed by atoms with Gasteiger partial charge in [-0.3, -0.25) is 0 Å². The minimum absolute atomic E-state index is 1.06. The standard InChI is InChI=1S/C14H18/c1-2-3-4-5-6-8-11-14-12-9-7-10-13-14/h7,9-10,12-13H,4-6,8,11H2,1H3. The Morgan fingerprint density at radius 3 is 2.50 bits per heavy atom. The topological polar surface area (TPSA) is 0 Å². The number of benzene rings is 1. The van der Waals surface area contributed by atoms with Crippen molar-refractivity contribution in [3.05, 3.63) is 35.9 Å². The summed E-state index contributed by atoms with van der Waals surface area (Å²) in [6.45, 7) is 1.91. The zero-order chi connectivity index (χ0) is 10.1. The zero-order valence-electron chi connectivity index (χ0n) is 8.92. The Bertz CT molecular complexity index is 287. The lowest BCUT2D eigenvalue weighted by Gasteiger charge is -1.99. The second-order valence-corrected chi connectivity index (χ2v) is 3.47. The van der Waals surface area contributed by atoms with Crippen LogP contribution in [0.15, 0.2) is 30.3 Å². The van der Waals surface area contributed by atoms with E-state index in [4.69, 9.17) is 0 Å². The van der Waals surface area contributed by atoms with Gasteiger partial charge in [0.25, 0.3) is 0 Å². The molecule has 1 rings (SSSR count). The van der Waals surface area contributed by atoms with Crippen LogP contribution in [-0.4, -0.2) is 0 Å². The fourth-order valence-electron chi connectivity index (χ4n) is 1.49. The van der Waals surface area contributed by atoms with Gasteiger partial charge < -0.3 is 0 Å². The lowest BCUT2D eigenvalue weighted by molar-refractivity contribution is 0.692. The van der Waals surface area contributed by atoms with E-state index in [0.717, 1.165) is 6.42 Å². The van der Waals surface area contributed by atoms with Crippen molar-refractivity contribution in [1.82, 2.24) is 0 Å². The number of unbranched alkanes of at least 4 members (excludes halogenated alkanes) is 3. The molecule has 0 radical (unpaired) electrons. The first-order chi connectivity index (χ1) is 6.93. The van der Waals surface area contributed by atoms with Crippen LogP contribution in [0.25, 0.3) is 0 Å². The molecule has 0 aliphatic heterocycles. The summed E-state index contributed by atoms with van der Waals surface area (Å²) >= 11 is 0. The first-order valence-corrected chi connectivity index (χ1v) is 5.37. The van der Waals surface area contributed by atoms with Crippen LogP contribution in [0.2, 0.25) is 0 Å². The lowest BCUT2D eigenvalue weighted by Crippen LogP contribution is -1.84. The van der Waals surface area contributed by atoms with E-state index in [1.807, 2.05) is 6.92 Å². The van der Waals surface area contributed by atoms with Gasteiger partial charge in [0.2, 0.25) is 0 Å². The van der Waals surface area contributed by atoms with Gasteiger partial charge >= 0.3 is 0 Å². The normalized spacial score (nSPS) is 9.21. The quantitative estimate of drug-likeness (QED) is 0.484. The Morgan fingerprint density at radius 1 is 1.00 bits per heavy atom. The maximum absolute atomic E-state index is 3.10. The minimum Gasteiger partial charge on any atom is -0.107 e. The molecule has 0 unspecified atom stereocenters. The van der Waals surface area contributed by atoms with E-state index in [2.05, 4.69) is 42.2 Å². The average molecular weight is 186 g/mol. The summed E-state index contributed by atoms with van der Waals surface area (Å²) < 4.78 is 0. The molecule has 0 aliphatic rings. The molecular weight excluding hydrogens is 168 g/mol. The van der Waals surface area contributed by atoms with Crippen LogP contribution >= 0.6 is 0 Å². The molecule has 0 aromatic heterocycles. The summed E-state index contributed by atoms with van der Waals surface area (Å²) in [6, 6.07) is 10.7. The molecule has 0 bridgehead atoms. The van der Waals surface area contributed by atoms with Gasteiger partial charge in [0, 0.05) is 6.42 Å². The first kappa shape index (κ1) is 10.9. The molecule has 0 heteroatoms. The molecule has 0 amide bonds. The van der Waals surface area contributed by atoms with Crippen LogP contribution in [0.1, 0.15) is 38.2 Å². The van der Waals surface area contributed by atoms with Crippen LogP contribution < -0.4 is 0 Å². The van der Waals surface area contributed by atoms with Crippen molar-refractivity contribution in [3.8, 4) is 11.8 Å².